The molecule has 1 aromatic heterocycles. The van der Waals surface area contributed by atoms with E-state index in [0.717, 1.165) is 18.1 Å². The molecule has 116 valence electrons. The summed E-state index contributed by atoms with van der Waals surface area (Å²) < 4.78 is 0. The summed E-state index contributed by atoms with van der Waals surface area (Å²) in [4.78, 5) is 17.4. The third-order valence-corrected chi connectivity index (χ3v) is 3.34. The number of aromatic carboxylic acids is 1. The van der Waals surface area contributed by atoms with Crippen molar-refractivity contribution in [1.82, 2.24) is 4.98 Å². The number of aromatic nitrogens is 1. The fourth-order valence-corrected chi connectivity index (χ4v) is 2.48. The van der Waals surface area contributed by atoms with Crippen LogP contribution in [0.25, 0.3) is 0 Å². The van der Waals surface area contributed by atoms with Crippen molar-refractivity contribution in [2.45, 2.75) is 27.7 Å². The van der Waals surface area contributed by atoms with Crippen LogP contribution in [-0.2, 0) is 0 Å². The van der Waals surface area contributed by atoms with E-state index >= 15 is 0 Å². The number of carboxylic acid groups (broad SMARTS) is 1. The second-order valence-electron chi connectivity index (χ2n) is 6.06. The normalized spacial score (nSPS) is 10.8. The summed E-state index contributed by atoms with van der Waals surface area (Å²) >= 11 is 0. The molecule has 0 aliphatic heterocycles. The van der Waals surface area contributed by atoms with Gasteiger partial charge in [-0.15, -0.1) is 0 Å². The predicted octanol–water partition coefficient (Wildman–Crippen LogP) is 4.19. The standard InChI is InChI=1S/C18H22N2O2/c1-12(2)11-20(16-8-13(3)7-14(4)9-16)17-6-5-15(10-19-17)18(21)22/h5-10,12H,11H2,1-4H3,(H,21,22). The third-order valence-electron chi connectivity index (χ3n) is 3.34. The predicted molar refractivity (Wildman–Crippen MR) is 89.0 cm³/mol. The molecule has 0 fully saturated rings. The number of rotatable bonds is 5. The third kappa shape index (κ3) is 3.85. The van der Waals surface area contributed by atoms with Crippen molar-refractivity contribution in [3.63, 3.8) is 0 Å². The van der Waals surface area contributed by atoms with Crippen LogP contribution in [-0.4, -0.2) is 22.6 Å². The Bertz CT molecular complexity index is 643. The summed E-state index contributed by atoms with van der Waals surface area (Å²) in [5.41, 5.74) is 3.69. The minimum atomic E-state index is -0.958. The molecule has 1 N–H and O–H groups in total. The molecule has 1 aromatic carbocycles. The highest BCUT2D eigenvalue weighted by Gasteiger charge is 2.14. The highest BCUT2D eigenvalue weighted by molar-refractivity contribution is 5.87. The average molecular weight is 298 g/mol. The Balaban J connectivity index is 2.43. The summed E-state index contributed by atoms with van der Waals surface area (Å²) in [7, 11) is 0. The van der Waals surface area contributed by atoms with E-state index in [0.29, 0.717) is 5.92 Å². The zero-order chi connectivity index (χ0) is 16.3. The van der Waals surface area contributed by atoms with E-state index in [1.165, 1.54) is 17.3 Å². The topological polar surface area (TPSA) is 53.4 Å². The number of nitrogens with zero attached hydrogens (tertiary/aromatic N) is 2. The van der Waals surface area contributed by atoms with Crippen LogP contribution in [0.15, 0.2) is 36.5 Å². The average Bonchev–Trinajstić information content (AvgIpc) is 2.43. The summed E-state index contributed by atoms with van der Waals surface area (Å²) in [6, 6.07) is 9.76. The number of aryl methyl sites for hydroxylation is 2. The Morgan fingerprint density at radius 3 is 2.27 bits per heavy atom. The Morgan fingerprint density at radius 1 is 1.18 bits per heavy atom. The fraction of sp³-hybridized carbons (Fsp3) is 0.333. The minimum absolute atomic E-state index is 0.202. The van der Waals surface area contributed by atoms with Crippen LogP contribution in [0.5, 0.6) is 0 Å². The second-order valence-corrected chi connectivity index (χ2v) is 6.06. The molecule has 0 atom stereocenters. The summed E-state index contributed by atoms with van der Waals surface area (Å²) in [6.45, 7) is 9.28. The second kappa shape index (κ2) is 6.60. The monoisotopic (exact) mass is 298 g/mol. The maximum Gasteiger partial charge on any atom is 0.337 e. The molecule has 2 aromatic rings. The maximum atomic E-state index is 11.0. The molecule has 0 aliphatic carbocycles. The summed E-state index contributed by atoms with van der Waals surface area (Å²) in [5, 5.41) is 9.00. The lowest BCUT2D eigenvalue weighted by Gasteiger charge is -2.26. The van der Waals surface area contributed by atoms with Crippen molar-refractivity contribution in [1.29, 1.82) is 0 Å². The molecule has 0 aliphatic rings. The lowest BCUT2D eigenvalue weighted by molar-refractivity contribution is 0.0696. The van der Waals surface area contributed by atoms with Gasteiger partial charge in [0.1, 0.15) is 5.82 Å². The van der Waals surface area contributed by atoms with Gasteiger partial charge in [0.2, 0.25) is 0 Å². The number of hydrogen-bond acceptors (Lipinski definition) is 3. The van der Waals surface area contributed by atoms with Gasteiger partial charge in [0.05, 0.1) is 5.56 Å². The van der Waals surface area contributed by atoms with E-state index in [1.54, 1.807) is 12.1 Å². The van der Waals surface area contributed by atoms with Crippen molar-refractivity contribution in [2.24, 2.45) is 5.92 Å². The number of benzene rings is 1. The van der Waals surface area contributed by atoms with E-state index in [1.807, 2.05) is 0 Å². The number of carboxylic acids is 1. The first-order chi connectivity index (χ1) is 10.4. The first-order valence-electron chi connectivity index (χ1n) is 7.42. The van der Waals surface area contributed by atoms with Crippen molar-refractivity contribution < 1.29 is 9.90 Å². The van der Waals surface area contributed by atoms with Gasteiger partial charge in [-0.1, -0.05) is 19.9 Å². The zero-order valence-electron chi connectivity index (χ0n) is 13.5. The summed E-state index contributed by atoms with van der Waals surface area (Å²) in [5.74, 6) is 0.270. The van der Waals surface area contributed by atoms with Crippen LogP contribution < -0.4 is 4.90 Å². The molecule has 2 rings (SSSR count). The SMILES string of the molecule is Cc1cc(C)cc(N(CC(C)C)c2ccc(C(=O)O)cn2)c1. The van der Waals surface area contributed by atoms with Gasteiger partial charge in [0, 0.05) is 18.4 Å². The highest BCUT2D eigenvalue weighted by atomic mass is 16.4. The minimum Gasteiger partial charge on any atom is -0.478 e. The molecule has 0 saturated carbocycles. The van der Waals surface area contributed by atoms with Gasteiger partial charge in [-0.3, -0.25) is 0 Å². The van der Waals surface area contributed by atoms with Gasteiger partial charge >= 0.3 is 5.97 Å². The Morgan fingerprint density at radius 2 is 1.82 bits per heavy atom. The number of carbonyl (C=O) groups is 1. The van der Waals surface area contributed by atoms with Crippen LogP contribution in [0.4, 0.5) is 11.5 Å². The molecule has 1 heterocycles. The molecule has 22 heavy (non-hydrogen) atoms. The Kier molecular flexibility index (Phi) is 4.81. The molecular weight excluding hydrogens is 276 g/mol. The number of hydrogen-bond donors (Lipinski definition) is 1. The molecular formula is C18H22N2O2. The molecule has 0 unspecified atom stereocenters. The molecule has 0 amide bonds. The molecule has 0 radical (unpaired) electrons. The van der Waals surface area contributed by atoms with Crippen LogP contribution in [0, 0.1) is 19.8 Å². The summed E-state index contributed by atoms with van der Waals surface area (Å²) in [6.07, 6.45) is 1.41. The van der Waals surface area contributed by atoms with Crippen LogP contribution in [0.3, 0.4) is 0 Å². The van der Waals surface area contributed by atoms with E-state index in [9.17, 15) is 4.79 Å². The van der Waals surface area contributed by atoms with Gasteiger partial charge in [-0.2, -0.15) is 0 Å². The molecule has 0 spiro atoms. The largest absolute Gasteiger partial charge is 0.478 e. The van der Waals surface area contributed by atoms with Gasteiger partial charge in [0.25, 0.3) is 0 Å². The van der Waals surface area contributed by atoms with Crippen molar-refractivity contribution in [3.05, 3.63) is 53.2 Å². The molecule has 4 nitrogen and oxygen atoms in total. The van der Waals surface area contributed by atoms with Crippen LogP contribution in [0.2, 0.25) is 0 Å². The van der Waals surface area contributed by atoms with Crippen molar-refractivity contribution in [3.8, 4) is 0 Å². The van der Waals surface area contributed by atoms with E-state index in [2.05, 4.69) is 55.8 Å². The Hall–Kier alpha value is -2.36. The van der Waals surface area contributed by atoms with Gasteiger partial charge in [-0.05, 0) is 55.2 Å². The first-order valence-corrected chi connectivity index (χ1v) is 7.42. The van der Waals surface area contributed by atoms with Crippen molar-refractivity contribution >= 4 is 17.5 Å². The van der Waals surface area contributed by atoms with Gasteiger partial charge in [-0.25, -0.2) is 9.78 Å². The first kappa shape index (κ1) is 16.0. The van der Waals surface area contributed by atoms with Gasteiger partial charge in [0.15, 0.2) is 0 Å². The van der Waals surface area contributed by atoms with Gasteiger partial charge < -0.3 is 10.0 Å². The van der Waals surface area contributed by atoms with Crippen LogP contribution in [0.1, 0.15) is 35.3 Å². The van der Waals surface area contributed by atoms with E-state index < -0.39 is 5.97 Å². The lowest BCUT2D eigenvalue weighted by Crippen LogP contribution is -2.23. The van der Waals surface area contributed by atoms with Crippen LogP contribution >= 0.6 is 0 Å². The molecule has 0 saturated heterocycles. The quantitative estimate of drug-likeness (QED) is 0.899. The fourth-order valence-electron chi connectivity index (χ4n) is 2.48. The Labute approximate surface area is 131 Å². The molecule has 0 bridgehead atoms. The number of anilines is 2. The van der Waals surface area contributed by atoms with E-state index in [-0.39, 0.29) is 5.56 Å². The zero-order valence-corrected chi connectivity index (χ0v) is 13.5. The number of pyridine rings is 1. The maximum absolute atomic E-state index is 11.0. The lowest BCUT2D eigenvalue weighted by atomic mass is 10.1. The van der Waals surface area contributed by atoms with E-state index in [4.69, 9.17) is 5.11 Å². The smallest absolute Gasteiger partial charge is 0.337 e. The van der Waals surface area contributed by atoms with Crippen molar-refractivity contribution in [2.75, 3.05) is 11.4 Å². The highest BCUT2D eigenvalue weighted by Crippen LogP contribution is 2.27. The molecule has 4 heteroatoms.